The Balaban J connectivity index is 2.07. The molecule has 2 aromatic carbocycles. The molecule has 88 valence electrons. The number of benzene rings is 2. The summed E-state index contributed by atoms with van der Waals surface area (Å²) in [5.41, 5.74) is 0.874. The monoisotopic (exact) mass is 253 g/mol. The van der Waals surface area contributed by atoms with E-state index in [9.17, 15) is 4.21 Å². The van der Waals surface area contributed by atoms with Crippen molar-refractivity contribution >= 4 is 21.7 Å². The fourth-order valence-corrected chi connectivity index (χ4v) is 2.83. The zero-order valence-electron chi connectivity index (χ0n) is 9.61. The Morgan fingerprint density at radius 2 is 1.50 bits per heavy atom. The van der Waals surface area contributed by atoms with E-state index < -0.39 is 10.8 Å². The molecule has 0 saturated heterocycles. The molecule has 0 amide bonds. The number of nitrogens with zero attached hydrogens (tertiary/aromatic N) is 1. The van der Waals surface area contributed by atoms with Crippen LogP contribution < -0.4 is 0 Å². The van der Waals surface area contributed by atoms with Crippen molar-refractivity contribution in [3.63, 3.8) is 0 Å². The number of fused-ring (bicyclic) bond motifs is 1. The van der Waals surface area contributed by atoms with Gasteiger partial charge in [-0.3, -0.25) is 0 Å². The van der Waals surface area contributed by atoms with Gasteiger partial charge in [-0.15, -0.1) is 0 Å². The van der Waals surface area contributed by atoms with E-state index >= 15 is 0 Å². The molecule has 1 unspecified atom stereocenters. The summed E-state index contributed by atoms with van der Waals surface area (Å²) in [5, 5.41) is 1.66. The maximum Gasteiger partial charge on any atom is 0.132 e. The van der Waals surface area contributed by atoms with Gasteiger partial charge in [-0.2, -0.15) is 0 Å². The van der Waals surface area contributed by atoms with E-state index in [1.807, 2.05) is 66.7 Å². The van der Waals surface area contributed by atoms with E-state index in [2.05, 4.69) is 4.98 Å². The fraction of sp³-hybridized carbons (Fsp3) is 0. The SMILES string of the molecule is O=S(c1ccccc1)c1ccc2ccccc2n1. The second-order valence-electron chi connectivity index (χ2n) is 3.92. The Morgan fingerprint density at radius 3 is 2.33 bits per heavy atom. The fourth-order valence-electron chi connectivity index (χ4n) is 1.82. The summed E-state index contributed by atoms with van der Waals surface area (Å²) in [5.74, 6) is 0. The third kappa shape index (κ3) is 2.05. The van der Waals surface area contributed by atoms with Gasteiger partial charge in [0.25, 0.3) is 0 Å². The molecule has 1 atom stereocenters. The minimum atomic E-state index is -1.21. The summed E-state index contributed by atoms with van der Waals surface area (Å²) < 4.78 is 12.3. The minimum absolute atomic E-state index is 0.597. The smallest absolute Gasteiger partial charge is 0.132 e. The molecule has 0 saturated carbocycles. The number of hydrogen-bond donors (Lipinski definition) is 0. The van der Waals surface area contributed by atoms with Crippen LogP contribution in [0.25, 0.3) is 10.9 Å². The average molecular weight is 253 g/mol. The minimum Gasteiger partial charge on any atom is -0.247 e. The van der Waals surface area contributed by atoms with E-state index in [0.29, 0.717) is 5.03 Å². The number of aromatic nitrogens is 1. The molecule has 0 bridgehead atoms. The van der Waals surface area contributed by atoms with Gasteiger partial charge in [0.05, 0.1) is 5.52 Å². The number of hydrogen-bond acceptors (Lipinski definition) is 2. The predicted octanol–water partition coefficient (Wildman–Crippen LogP) is 3.40. The Bertz CT molecular complexity index is 710. The zero-order valence-corrected chi connectivity index (χ0v) is 10.4. The van der Waals surface area contributed by atoms with Gasteiger partial charge >= 0.3 is 0 Å². The standard InChI is InChI=1S/C15H11NOS/c17-18(13-7-2-1-3-8-13)15-11-10-12-6-4-5-9-14(12)16-15/h1-11H. The van der Waals surface area contributed by atoms with Gasteiger partial charge in [0.15, 0.2) is 0 Å². The molecule has 0 aliphatic carbocycles. The van der Waals surface area contributed by atoms with Crippen molar-refractivity contribution in [3.05, 3.63) is 66.7 Å². The second kappa shape index (κ2) is 4.70. The lowest BCUT2D eigenvalue weighted by atomic mass is 10.2. The van der Waals surface area contributed by atoms with E-state index in [1.165, 1.54) is 0 Å². The molecule has 0 aliphatic heterocycles. The highest BCUT2D eigenvalue weighted by Crippen LogP contribution is 2.18. The van der Waals surface area contributed by atoms with Crippen LogP contribution in [0.1, 0.15) is 0 Å². The van der Waals surface area contributed by atoms with Gasteiger partial charge in [0, 0.05) is 10.3 Å². The highest BCUT2D eigenvalue weighted by Gasteiger charge is 2.08. The van der Waals surface area contributed by atoms with Crippen LogP contribution in [0.3, 0.4) is 0 Å². The van der Waals surface area contributed by atoms with Crippen LogP contribution in [0.5, 0.6) is 0 Å². The summed E-state index contributed by atoms with van der Waals surface area (Å²) in [7, 11) is -1.21. The summed E-state index contributed by atoms with van der Waals surface area (Å²) in [4.78, 5) is 5.23. The lowest BCUT2D eigenvalue weighted by Gasteiger charge is -2.03. The zero-order chi connectivity index (χ0) is 12.4. The molecule has 0 fully saturated rings. The first kappa shape index (κ1) is 11.1. The van der Waals surface area contributed by atoms with Gasteiger partial charge in [-0.25, -0.2) is 9.19 Å². The molecule has 0 aliphatic rings. The first-order valence-corrected chi connectivity index (χ1v) is 6.82. The van der Waals surface area contributed by atoms with E-state index in [4.69, 9.17) is 0 Å². The number of para-hydroxylation sites is 1. The Hall–Kier alpha value is -2.00. The third-order valence-corrected chi connectivity index (χ3v) is 4.03. The molecule has 3 heteroatoms. The van der Waals surface area contributed by atoms with Gasteiger partial charge in [-0.1, -0.05) is 42.5 Å². The number of pyridine rings is 1. The average Bonchev–Trinajstić information content (AvgIpc) is 2.47. The molecule has 1 aromatic heterocycles. The van der Waals surface area contributed by atoms with Crippen molar-refractivity contribution in [2.24, 2.45) is 0 Å². The normalized spacial score (nSPS) is 12.4. The quantitative estimate of drug-likeness (QED) is 0.700. The van der Waals surface area contributed by atoms with Crippen molar-refractivity contribution in [2.75, 3.05) is 0 Å². The van der Waals surface area contributed by atoms with Crippen molar-refractivity contribution in [2.45, 2.75) is 9.92 Å². The van der Waals surface area contributed by atoms with Crippen molar-refractivity contribution in [3.8, 4) is 0 Å². The summed E-state index contributed by atoms with van der Waals surface area (Å²) in [6.07, 6.45) is 0. The molecule has 18 heavy (non-hydrogen) atoms. The summed E-state index contributed by atoms with van der Waals surface area (Å²) >= 11 is 0. The Kier molecular flexibility index (Phi) is 2.90. The van der Waals surface area contributed by atoms with Crippen molar-refractivity contribution in [1.82, 2.24) is 4.98 Å². The van der Waals surface area contributed by atoms with Crippen molar-refractivity contribution in [1.29, 1.82) is 0 Å². The second-order valence-corrected chi connectivity index (χ2v) is 5.35. The van der Waals surface area contributed by atoms with Crippen LogP contribution in [0, 0.1) is 0 Å². The lowest BCUT2D eigenvalue weighted by molar-refractivity contribution is 0.681. The predicted molar refractivity (Wildman–Crippen MR) is 72.9 cm³/mol. The van der Waals surface area contributed by atoms with Gasteiger partial charge < -0.3 is 0 Å². The van der Waals surface area contributed by atoms with Crippen molar-refractivity contribution < 1.29 is 4.21 Å². The van der Waals surface area contributed by atoms with Crippen LogP contribution in [0.4, 0.5) is 0 Å². The maximum absolute atomic E-state index is 12.3. The molecule has 0 spiro atoms. The van der Waals surface area contributed by atoms with E-state index in [-0.39, 0.29) is 0 Å². The van der Waals surface area contributed by atoms with Crippen LogP contribution >= 0.6 is 0 Å². The first-order chi connectivity index (χ1) is 8.84. The molecular formula is C15H11NOS. The Morgan fingerprint density at radius 1 is 0.778 bits per heavy atom. The maximum atomic E-state index is 12.3. The third-order valence-electron chi connectivity index (χ3n) is 2.72. The van der Waals surface area contributed by atoms with E-state index in [0.717, 1.165) is 15.8 Å². The molecule has 3 aromatic rings. The van der Waals surface area contributed by atoms with E-state index in [1.54, 1.807) is 0 Å². The highest BCUT2D eigenvalue weighted by atomic mass is 32.2. The van der Waals surface area contributed by atoms with Crippen LogP contribution in [0.15, 0.2) is 76.7 Å². The lowest BCUT2D eigenvalue weighted by Crippen LogP contribution is -1.96. The van der Waals surface area contributed by atoms with Gasteiger partial charge in [0.1, 0.15) is 15.8 Å². The molecule has 0 radical (unpaired) electrons. The van der Waals surface area contributed by atoms with Gasteiger partial charge in [0.2, 0.25) is 0 Å². The molecule has 0 N–H and O–H groups in total. The number of rotatable bonds is 2. The highest BCUT2D eigenvalue weighted by molar-refractivity contribution is 7.85. The first-order valence-electron chi connectivity index (χ1n) is 5.67. The van der Waals surface area contributed by atoms with Crippen LogP contribution in [-0.2, 0) is 10.8 Å². The topological polar surface area (TPSA) is 30.0 Å². The summed E-state index contributed by atoms with van der Waals surface area (Å²) in [6, 6.07) is 21.0. The molecule has 2 nitrogen and oxygen atoms in total. The summed E-state index contributed by atoms with van der Waals surface area (Å²) in [6.45, 7) is 0. The van der Waals surface area contributed by atoms with Gasteiger partial charge in [-0.05, 0) is 24.3 Å². The van der Waals surface area contributed by atoms with Crippen LogP contribution in [-0.4, -0.2) is 9.19 Å². The molecule has 1 heterocycles. The Labute approximate surface area is 108 Å². The largest absolute Gasteiger partial charge is 0.247 e. The van der Waals surface area contributed by atoms with Crippen LogP contribution in [0.2, 0.25) is 0 Å². The molecular weight excluding hydrogens is 242 g/mol. The molecule has 3 rings (SSSR count).